The number of nitrogens with one attached hydrogen (secondary N) is 1. The molecule has 0 radical (unpaired) electrons. The summed E-state index contributed by atoms with van der Waals surface area (Å²) in [6.45, 7) is 1.46. The molecule has 0 amide bonds. The van der Waals surface area contributed by atoms with Gasteiger partial charge in [-0.2, -0.15) is 0 Å². The van der Waals surface area contributed by atoms with Crippen LogP contribution in [0.5, 0.6) is 0 Å². The minimum Gasteiger partial charge on any atom is -0.384 e. The van der Waals surface area contributed by atoms with Crippen molar-refractivity contribution in [3.8, 4) is 0 Å². The van der Waals surface area contributed by atoms with Crippen molar-refractivity contribution in [2.24, 2.45) is 5.73 Å². The lowest BCUT2D eigenvalue weighted by atomic mass is 10.2. The highest BCUT2D eigenvalue weighted by Crippen LogP contribution is 1.97. The number of hydrogen-bond donors (Lipinski definition) is 2. The Morgan fingerprint density at radius 3 is 2.47 bits per heavy atom. The van der Waals surface area contributed by atoms with E-state index in [1.165, 1.54) is 7.11 Å². The molecule has 92 valence electrons. The van der Waals surface area contributed by atoms with Crippen molar-refractivity contribution >= 4 is 10.0 Å². The quantitative estimate of drug-likeness (QED) is 0.528. The van der Waals surface area contributed by atoms with Gasteiger partial charge in [-0.3, -0.25) is 0 Å². The van der Waals surface area contributed by atoms with E-state index < -0.39 is 10.0 Å². The molecule has 0 aromatic carbocycles. The Hall–Kier alpha value is -0.170. The van der Waals surface area contributed by atoms with E-state index in [4.69, 9.17) is 10.5 Å². The standard InChI is InChI=1S/C9H22N2O3S/c1-14-8-9-15(12,13)11-7-5-3-2-4-6-10/h11H,2-10H2,1H3. The third kappa shape index (κ3) is 10.1. The van der Waals surface area contributed by atoms with Crippen LogP contribution in [0, 0.1) is 0 Å². The van der Waals surface area contributed by atoms with Crippen LogP contribution in [-0.4, -0.2) is 41.0 Å². The molecule has 6 heteroatoms. The van der Waals surface area contributed by atoms with Crippen molar-refractivity contribution in [3.63, 3.8) is 0 Å². The van der Waals surface area contributed by atoms with Gasteiger partial charge in [0, 0.05) is 13.7 Å². The molecule has 0 rings (SSSR count). The Kier molecular flexibility index (Phi) is 8.98. The number of unbranched alkanes of at least 4 members (excludes halogenated alkanes) is 3. The molecule has 0 aliphatic heterocycles. The predicted octanol–water partition coefficient (Wildman–Crippen LogP) is 0.0713. The minimum atomic E-state index is -3.14. The molecule has 0 saturated carbocycles. The van der Waals surface area contributed by atoms with Gasteiger partial charge in [-0.25, -0.2) is 13.1 Å². The van der Waals surface area contributed by atoms with Crippen LogP contribution in [0.2, 0.25) is 0 Å². The summed E-state index contributed by atoms with van der Waals surface area (Å²) in [5, 5.41) is 0. The Morgan fingerprint density at radius 1 is 1.20 bits per heavy atom. The monoisotopic (exact) mass is 238 g/mol. The van der Waals surface area contributed by atoms with Crippen LogP contribution in [-0.2, 0) is 14.8 Å². The molecule has 0 bridgehead atoms. The molecule has 3 N–H and O–H groups in total. The first-order chi connectivity index (χ1) is 7.12. The van der Waals surface area contributed by atoms with Crippen LogP contribution >= 0.6 is 0 Å². The second-order valence-corrected chi connectivity index (χ2v) is 5.34. The molecule has 0 aromatic rings. The molecular formula is C9H22N2O3S. The summed E-state index contributed by atoms with van der Waals surface area (Å²) in [6.07, 6.45) is 3.96. The fourth-order valence-corrected chi connectivity index (χ4v) is 2.10. The summed E-state index contributed by atoms with van der Waals surface area (Å²) in [6, 6.07) is 0. The highest BCUT2D eigenvalue weighted by Gasteiger charge is 2.07. The molecule has 0 saturated heterocycles. The van der Waals surface area contributed by atoms with Crippen molar-refractivity contribution in [1.82, 2.24) is 4.72 Å². The molecule has 0 aliphatic carbocycles. The molecule has 5 nitrogen and oxygen atoms in total. The second kappa shape index (κ2) is 9.08. The van der Waals surface area contributed by atoms with Crippen LogP contribution in [0.4, 0.5) is 0 Å². The number of ether oxygens (including phenoxy) is 1. The molecule has 0 heterocycles. The van der Waals surface area contributed by atoms with Crippen LogP contribution < -0.4 is 10.5 Å². The van der Waals surface area contributed by atoms with Gasteiger partial charge in [-0.15, -0.1) is 0 Å². The zero-order valence-electron chi connectivity index (χ0n) is 9.37. The third-order valence-corrected chi connectivity index (χ3v) is 3.36. The average Bonchev–Trinajstić information content (AvgIpc) is 2.20. The van der Waals surface area contributed by atoms with E-state index >= 15 is 0 Å². The van der Waals surface area contributed by atoms with Gasteiger partial charge in [-0.1, -0.05) is 12.8 Å². The van der Waals surface area contributed by atoms with Gasteiger partial charge in [0.15, 0.2) is 0 Å². The van der Waals surface area contributed by atoms with Gasteiger partial charge in [0.2, 0.25) is 10.0 Å². The third-order valence-electron chi connectivity index (χ3n) is 2.01. The van der Waals surface area contributed by atoms with E-state index in [2.05, 4.69) is 4.72 Å². The summed E-state index contributed by atoms with van der Waals surface area (Å²) in [4.78, 5) is 0. The Bertz CT molecular complexity index is 230. The fraction of sp³-hybridized carbons (Fsp3) is 1.00. The Labute approximate surface area is 92.4 Å². The first-order valence-corrected chi connectivity index (χ1v) is 6.94. The van der Waals surface area contributed by atoms with E-state index in [1.807, 2.05) is 0 Å². The zero-order valence-corrected chi connectivity index (χ0v) is 10.2. The molecule has 0 spiro atoms. The molecule has 0 atom stereocenters. The van der Waals surface area contributed by atoms with Crippen molar-refractivity contribution in [1.29, 1.82) is 0 Å². The van der Waals surface area contributed by atoms with Crippen LogP contribution in [0.15, 0.2) is 0 Å². The molecular weight excluding hydrogens is 216 g/mol. The van der Waals surface area contributed by atoms with Gasteiger partial charge in [0.1, 0.15) is 0 Å². The average molecular weight is 238 g/mol. The SMILES string of the molecule is COCCS(=O)(=O)NCCCCCCN. The van der Waals surface area contributed by atoms with E-state index in [-0.39, 0.29) is 12.4 Å². The van der Waals surface area contributed by atoms with Crippen molar-refractivity contribution in [2.45, 2.75) is 25.7 Å². The van der Waals surface area contributed by atoms with Gasteiger partial charge in [-0.05, 0) is 19.4 Å². The van der Waals surface area contributed by atoms with Crippen LogP contribution in [0.3, 0.4) is 0 Å². The lowest BCUT2D eigenvalue weighted by molar-refractivity contribution is 0.217. The zero-order chi connectivity index (χ0) is 11.6. The number of methoxy groups -OCH3 is 1. The van der Waals surface area contributed by atoms with Crippen molar-refractivity contribution < 1.29 is 13.2 Å². The van der Waals surface area contributed by atoms with E-state index in [0.717, 1.165) is 25.7 Å². The van der Waals surface area contributed by atoms with Gasteiger partial charge in [0.25, 0.3) is 0 Å². The van der Waals surface area contributed by atoms with Crippen LogP contribution in [0.1, 0.15) is 25.7 Å². The van der Waals surface area contributed by atoms with E-state index in [9.17, 15) is 8.42 Å². The predicted molar refractivity (Wildman–Crippen MR) is 61.2 cm³/mol. The maximum Gasteiger partial charge on any atom is 0.213 e. The van der Waals surface area contributed by atoms with Gasteiger partial charge in [0.05, 0.1) is 12.4 Å². The summed E-state index contributed by atoms with van der Waals surface area (Å²) in [7, 11) is -1.65. The Balaban J connectivity index is 3.41. The molecule has 0 aromatic heterocycles. The number of hydrogen-bond acceptors (Lipinski definition) is 4. The normalized spacial score (nSPS) is 11.9. The van der Waals surface area contributed by atoms with Crippen molar-refractivity contribution in [3.05, 3.63) is 0 Å². The summed E-state index contributed by atoms with van der Waals surface area (Å²) >= 11 is 0. The topological polar surface area (TPSA) is 81.4 Å². The van der Waals surface area contributed by atoms with Gasteiger partial charge < -0.3 is 10.5 Å². The number of sulfonamides is 1. The second-order valence-electron chi connectivity index (χ2n) is 3.41. The van der Waals surface area contributed by atoms with Crippen molar-refractivity contribution in [2.75, 3.05) is 32.6 Å². The maximum absolute atomic E-state index is 11.3. The first kappa shape index (κ1) is 14.8. The van der Waals surface area contributed by atoms with Crippen LogP contribution in [0.25, 0.3) is 0 Å². The molecule has 0 aliphatic rings. The minimum absolute atomic E-state index is 0.0340. The highest BCUT2D eigenvalue weighted by molar-refractivity contribution is 7.89. The highest BCUT2D eigenvalue weighted by atomic mass is 32.2. The molecule has 0 fully saturated rings. The smallest absolute Gasteiger partial charge is 0.213 e. The summed E-state index contributed by atoms with van der Waals surface area (Å²) < 4.78 is 29.8. The molecule has 0 unspecified atom stereocenters. The first-order valence-electron chi connectivity index (χ1n) is 5.28. The van der Waals surface area contributed by atoms with E-state index in [0.29, 0.717) is 13.1 Å². The maximum atomic E-state index is 11.3. The lowest BCUT2D eigenvalue weighted by Crippen LogP contribution is -2.29. The fourth-order valence-electron chi connectivity index (χ4n) is 1.12. The molecule has 15 heavy (non-hydrogen) atoms. The van der Waals surface area contributed by atoms with E-state index in [1.54, 1.807) is 0 Å². The number of rotatable bonds is 10. The largest absolute Gasteiger partial charge is 0.384 e. The lowest BCUT2D eigenvalue weighted by Gasteiger charge is -2.05. The number of nitrogens with two attached hydrogens (primary N) is 1. The summed E-state index contributed by atoms with van der Waals surface area (Å²) in [5.74, 6) is 0.0340. The van der Waals surface area contributed by atoms with Gasteiger partial charge >= 0.3 is 0 Å². The Morgan fingerprint density at radius 2 is 1.87 bits per heavy atom. The summed E-state index contributed by atoms with van der Waals surface area (Å²) in [5.41, 5.74) is 5.34.